The zero-order valence-corrected chi connectivity index (χ0v) is 10.5. The molecule has 0 saturated carbocycles. The molecule has 0 aliphatic carbocycles. The highest BCUT2D eigenvalue weighted by atomic mass is 35.5. The maximum absolute atomic E-state index is 9.83. The highest BCUT2D eigenvalue weighted by molar-refractivity contribution is 6.18. The second-order valence-corrected chi connectivity index (χ2v) is 4.55. The molecule has 1 aromatic heterocycles. The van der Waals surface area contributed by atoms with Crippen LogP contribution in [0.5, 0.6) is 0 Å². The zero-order valence-electron chi connectivity index (χ0n) is 9.77. The lowest BCUT2D eigenvalue weighted by Gasteiger charge is -2.33. The van der Waals surface area contributed by atoms with Crippen LogP contribution in [0, 0.1) is 0 Å². The van der Waals surface area contributed by atoms with Crippen LogP contribution in [0.3, 0.4) is 0 Å². The molecule has 1 fully saturated rings. The lowest BCUT2D eigenvalue weighted by Crippen LogP contribution is -2.32. The van der Waals surface area contributed by atoms with Gasteiger partial charge in [-0.3, -0.25) is 4.98 Å². The first-order valence-electron chi connectivity index (χ1n) is 5.75. The Labute approximate surface area is 106 Å². The number of pyridine rings is 1. The Morgan fingerprint density at radius 2 is 2.41 bits per heavy atom. The second kappa shape index (κ2) is 5.67. The maximum Gasteiger partial charge on any atom is 0.0874 e. The fourth-order valence-electron chi connectivity index (χ4n) is 2.18. The van der Waals surface area contributed by atoms with Gasteiger partial charge in [0.2, 0.25) is 0 Å². The van der Waals surface area contributed by atoms with Gasteiger partial charge in [-0.2, -0.15) is 0 Å². The predicted molar refractivity (Wildman–Crippen MR) is 67.4 cm³/mol. The second-order valence-electron chi connectivity index (χ2n) is 4.24. The summed E-state index contributed by atoms with van der Waals surface area (Å²) in [5, 5.41) is 12.9. The van der Waals surface area contributed by atoms with Gasteiger partial charge in [0.15, 0.2) is 0 Å². The molecular formula is C12H17ClN2O2. The number of alkyl halides is 1. The van der Waals surface area contributed by atoms with Crippen molar-refractivity contribution in [1.82, 2.24) is 4.98 Å². The van der Waals surface area contributed by atoms with Crippen molar-refractivity contribution >= 4 is 17.3 Å². The molecule has 3 atom stereocenters. The number of hydrogen-bond acceptors (Lipinski definition) is 4. The number of halogens is 1. The van der Waals surface area contributed by atoms with Crippen LogP contribution in [0.2, 0.25) is 0 Å². The van der Waals surface area contributed by atoms with Gasteiger partial charge in [0.25, 0.3) is 0 Å². The Bertz CT molecular complexity index is 375. The van der Waals surface area contributed by atoms with Crippen molar-refractivity contribution in [1.29, 1.82) is 0 Å². The van der Waals surface area contributed by atoms with Crippen LogP contribution >= 0.6 is 11.6 Å². The van der Waals surface area contributed by atoms with Crippen molar-refractivity contribution in [2.24, 2.45) is 0 Å². The number of nitrogens with zero attached hydrogens (tertiary/aromatic N) is 1. The fourth-order valence-corrected chi connectivity index (χ4v) is 2.38. The maximum atomic E-state index is 9.83. The normalized spacial score (nSPS) is 29.0. The molecule has 1 aliphatic heterocycles. The summed E-state index contributed by atoms with van der Waals surface area (Å²) in [5.41, 5.74) is 1.95. The van der Waals surface area contributed by atoms with Crippen LogP contribution in [0.1, 0.15) is 24.5 Å². The van der Waals surface area contributed by atoms with Gasteiger partial charge in [0, 0.05) is 37.5 Å². The number of aliphatic hydroxyl groups is 1. The van der Waals surface area contributed by atoms with Crippen molar-refractivity contribution in [2.75, 3.05) is 18.2 Å². The van der Waals surface area contributed by atoms with E-state index >= 15 is 0 Å². The van der Waals surface area contributed by atoms with Crippen LogP contribution in [0.15, 0.2) is 18.5 Å². The summed E-state index contributed by atoms with van der Waals surface area (Å²) in [6.45, 7) is 0. The van der Waals surface area contributed by atoms with E-state index in [0.29, 0.717) is 18.7 Å². The molecule has 17 heavy (non-hydrogen) atoms. The minimum atomic E-state index is -0.352. The quantitative estimate of drug-likeness (QED) is 0.812. The zero-order chi connectivity index (χ0) is 12.3. The minimum absolute atomic E-state index is 0.0803. The van der Waals surface area contributed by atoms with Gasteiger partial charge >= 0.3 is 0 Å². The molecule has 2 heterocycles. The van der Waals surface area contributed by atoms with Crippen LogP contribution in [-0.2, 0) is 4.74 Å². The average Bonchev–Trinajstić information content (AvgIpc) is 2.37. The van der Waals surface area contributed by atoms with E-state index in [2.05, 4.69) is 10.3 Å². The Morgan fingerprint density at radius 1 is 1.59 bits per heavy atom. The molecule has 0 amide bonds. The lowest BCUT2D eigenvalue weighted by molar-refractivity contribution is -0.0878. The van der Waals surface area contributed by atoms with Crippen LogP contribution < -0.4 is 5.32 Å². The fraction of sp³-hybridized carbons (Fsp3) is 0.583. The highest BCUT2D eigenvalue weighted by Gasteiger charge is 2.30. The van der Waals surface area contributed by atoms with E-state index in [4.69, 9.17) is 16.3 Å². The molecule has 4 nitrogen and oxygen atoms in total. The van der Waals surface area contributed by atoms with Gasteiger partial charge in [0.05, 0.1) is 30.2 Å². The number of ether oxygens (including phenoxy) is 1. The molecule has 1 saturated heterocycles. The molecule has 0 spiro atoms. The van der Waals surface area contributed by atoms with Gasteiger partial charge < -0.3 is 15.2 Å². The molecule has 1 unspecified atom stereocenters. The van der Waals surface area contributed by atoms with Gasteiger partial charge in [0.1, 0.15) is 0 Å². The molecule has 1 aromatic rings. The summed E-state index contributed by atoms with van der Waals surface area (Å²) < 4.78 is 5.87. The molecule has 0 aromatic carbocycles. The highest BCUT2D eigenvalue weighted by Crippen LogP contribution is 2.34. The molecule has 1 aliphatic rings. The Morgan fingerprint density at radius 3 is 3.12 bits per heavy atom. The van der Waals surface area contributed by atoms with E-state index in [1.54, 1.807) is 12.4 Å². The third-order valence-electron chi connectivity index (χ3n) is 3.02. The van der Waals surface area contributed by atoms with Crippen molar-refractivity contribution in [3.05, 3.63) is 24.0 Å². The number of aliphatic hydroxyl groups excluding tert-OH is 1. The summed E-state index contributed by atoms with van der Waals surface area (Å²) in [6, 6.07) is 1.92. The van der Waals surface area contributed by atoms with Crippen LogP contribution in [-0.4, -0.2) is 35.2 Å². The summed E-state index contributed by atoms with van der Waals surface area (Å²) >= 11 is 5.81. The molecule has 0 radical (unpaired) electrons. The number of rotatable bonds is 3. The summed E-state index contributed by atoms with van der Waals surface area (Å²) in [7, 11) is 1.85. The largest absolute Gasteiger partial charge is 0.393 e. The Kier molecular flexibility index (Phi) is 4.20. The first-order chi connectivity index (χ1) is 8.24. The SMILES string of the molecule is CNc1cnccc1C1C[C@@H](O)C[C@@H](CCl)O1. The molecule has 2 rings (SSSR count). The van der Waals surface area contributed by atoms with E-state index in [0.717, 1.165) is 11.3 Å². The van der Waals surface area contributed by atoms with Crippen molar-refractivity contribution in [3.8, 4) is 0 Å². The van der Waals surface area contributed by atoms with Crippen LogP contribution in [0.25, 0.3) is 0 Å². The molecule has 2 N–H and O–H groups in total. The first-order valence-corrected chi connectivity index (χ1v) is 6.29. The monoisotopic (exact) mass is 256 g/mol. The third-order valence-corrected chi connectivity index (χ3v) is 3.37. The lowest BCUT2D eigenvalue weighted by atomic mass is 9.96. The number of nitrogens with one attached hydrogen (secondary N) is 1. The smallest absolute Gasteiger partial charge is 0.0874 e. The van der Waals surface area contributed by atoms with E-state index in [1.807, 2.05) is 13.1 Å². The standard InChI is InChI=1S/C12H17ClN2O2/c1-14-11-7-15-3-2-10(11)12-5-8(16)4-9(6-13)17-12/h2-3,7-9,12,14,16H,4-6H2,1H3/t8-,9-,12?/m0/s1. The van der Waals surface area contributed by atoms with Crippen LogP contribution in [0.4, 0.5) is 5.69 Å². The van der Waals surface area contributed by atoms with Gasteiger partial charge in [-0.05, 0) is 6.07 Å². The Hall–Kier alpha value is -0.840. The molecule has 0 bridgehead atoms. The van der Waals surface area contributed by atoms with Crippen molar-refractivity contribution < 1.29 is 9.84 Å². The first kappa shape index (κ1) is 12.6. The van der Waals surface area contributed by atoms with Gasteiger partial charge in [-0.1, -0.05) is 0 Å². The van der Waals surface area contributed by atoms with E-state index in [9.17, 15) is 5.11 Å². The minimum Gasteiger partial charge on any atom is -0.393 e. The third kappa shape index (κ3) is 2.89. The Balaban J connectivity index is 2.20. The molecule has 94 valence electrons. The number of anilines is 1. The number of hydrogen-bond donors (Lipinski definition) is 2. The van der Waals surface area contributed by atoms with Gasteiger partial charge in [-0.15, -0.1) is 11.6 Å². The van der Waals surface area contributed by atoms with Crippen molar-refractivity contribution in [2.45, 2.75) is 31.2 Å². The van der Waals surface area contributed by atoms with Crippen molar-refractivity contribution in [3.63, 3.8) is 0 Å². The number of aromatic nitrogens is 1. The topological polar surface area (TPSA) is 54.4 Å². The molecule has 5 heteroatoms. The average molecular weight is 257 g/mol. The van der Waals surface area contributed by atoms with E-state index in [1.165, 1.54) is 0 Å². The summed E-state index contributed by atoms with van der Waals surface area (Å²) in [5.74, 6) is 0.410. The summed E-state index contributed by atoms with van der Waals surface area (Å²) in [6.07, 6.45) is 4.16. The van der Waals surface area contributed by atoms with E-state index in [-0.39, 0.29) is 18.3 Å². The van der Waals surface area contributed by atoms with Gasteiger partial charge in [-0.25, -0.2) is 0 Å². The predicted octanol–water partition coefficient (Wildman–Crippen LogP) is 1.94. The summed E-state index contributed by atoms with van der Waals surface area (Å²) in [4.78, 5) is 4.06. The van der Waals surface area contributed by atoms with E-state index < -0.39 is 0 Å². The molecular weight excluding hydrogens is 240 g/mol.